The van der Waals surface area contributed by atoms with Crippen LogP contribution >= 0.6 is 23.2 Å². The molecule has 2 atom stereocenters. The molecule has 0 spiro atoms. The highest BCUT2D eigenvalue weighted by molar-refractivity contribution is 6.36. The van der Waals surface area contributed by atoms with Crippen molar-refractivity contribution in [2.75, 3.05) is 32.2 Å². The number of para-hydroxylation sites is 2. The van der Waals surface area contributed by atoms with Gasteiger partial charge in [0.1, 0.15) is 0 Å². The molecule has 12 nitrogen and oxygen atoms in total. The predicted molar refractivity (Wildman–Crippen MR) is 220 cm³/mol. The highest BCUT2D eigenvalue weighted by Gasteiger charge is 2.37. The summed E-state index contributed by atoms with van der Waals surface area (Å²) in [6.07, 6.45) is 7.16. The van der Waals surface area contributed by atoms with Gasteiger partial charge in [-0.1, -0.05) is 59.6 Å². The molecule has 2 fully saturated rings. The molecule has 0 bridgehead atoms. The van der Waals surface area contributed by atoms with Crippen LogP contribution < -0.4 is 5.32 Å². The van der Waals surface area contributed by atoms with E-state index in [1.165, 1.54) is 0 Å². The first kappa shape index (κ1) is 41.7. The number of hydrogen-bond acceptors (Lipinski definition) is 7. The maximum absolute atomic E-state index is 13.5. The molecule has 1 saturated heterocycles. The molecule has 1 aliphatic heterocycles. The fourth-order valence-corrected chi connectivity index (χ4v) is 8.25. The first-order chi connectivity index (χ1) is 27.4. The van der Waals surface area contributed by atoms with E-state index >= 15 is 0 Å². The van der Waals surface area contributed by atoms with Gasteiger partial charge >= 0.3 is 11.9 Å². The molecular formula is C43H48Cl2N4O8. The van der Waals surface area contributed by atoms with Crippen molar-refractivity contribution in [3.8, 4) is 0 Å². The number of aryl methyl sites for hydroxylation is 2. The van der Waals surface area contributed by atoms with Crippen LogP contribution in [-0.4, -0.2) is 88.0 Å². The molecule has 2 aromatic heterocycles. The van der Waals surface area contributed by atoms with Crippen molar-refractivity contribution >= 4 is 74.4 Å². The van der Waals surface area contributed by atoms with Crippen LogP contribution in [-0.2, 0) is 44.3 Å². The Hall–Kier alpha value is -4.88. The van der Waals surface area contributed by atoms with Gasteiger partial charge in [-0.2, -0.15) is 0 Å². The largest absolute Gasteiger partial charge is 0.478 e. The number of nitrogens with zero attached hydrogens (tertiary/aromatic N) is 3. The molecule has 1 aliphatic carbocycles. The van der Waals surface area contributed by atoms with Crippen LogP contribution in [0.3, 0.4) is 0 Å². The van der Waals surface area contributed by atoms with Crippen LogP contribution in [0, 0.1) is 5.92 Å². The topological polar surface area (TPSA) is 141 Å². The third kappa shape index (κ3) is 9.64. The van der Waals surface area contributed by atoms with E-state index in [0.29, 0.717) is 58.6 Å². The van der Waals surface area contributed by atoms with E-state index in [1.54, 1.807) is 36.5 Å². The standard InChI is InChI=1S/C33H39Cl2N3O6.C10H9NO2/c1-4-43-33(41)20-9-11-23(12-10-20)44-19-22-15-24(42-3)17-38(22)31(39)14-21-13-28(35)29(16-27(21)34)36-32(40)26-18-37(2)30-8-6-5-7-25(26)30;1-11-6-8(10(12)13)7-4-2-3-5-9(7)11/h5-8,13,16,18,20,22-24H,4,9-12,14-15,17,19H2,1-3H3,(H,36,40);2-6H,1H3,(H,12,13)/t20?,22-,23?,24-;/m0./s1. The van der Waals surface area contributed by atoms with E-state index in [2.05, 4.69) is 5.32 Å². The Morgan fingerprint density at radius 3 is 2.07 bits per heavy atom. The number of fused-ring (bicyclic) bond motifs is 2. The summed E-state index contributed by atoms with van der Waals surface area (Å²) in [7, 11) is 5.38. The second-order valence-corrected chi connectivity index (χ2v) is 15.4. The van der Waals surface area contributed by atoms with Crippen molar-refractivity contribution < 1.29 is 38.5 Å². The molecule has 7 rings (SSSR count). The molecular weight excluding hydrogens is 771 g/mol. The summed E-state index contributed by atoms with van der Waals surface area (Å²) in [6.45, 7) is 3.07. The third-order valence-corrected chi connectivity index (χ3v) is 11.5. The van der Waals surface area contributed by atoms with Gasteiger partial charge in [-0.25, -0.2) is 4.79 Å². The van der Waals surface area contributed by atoms with Gasteiger partial charge in [0.25, 0.3) is 5.91 Å². The van der Waals surface area contributed by atoms with Gasteiger partial charge in [-0.3, -0.25) is 14.4 Å². The Balaban J connectivity index is 0.000000355. The number of ether oxygens (including phenoxy) is 3. The number of likely N-dealkylation sites (tertiary alicyclic amines) is 1. The Labute approximate surface area is 341 Å². The van der Waals surface area contributed by atoms with Crippen LogP contribution in [0.25, 0.3) is 21.8 Å². The molecule has 14 heteroatoms. The van der Waals surface area contributed by atoms with Gasteiger partial charge in [0.15, 0.2) is 0 Å². The Morgan fingerprint density at radius 2 is 1.46 bits per heavy atom. The Bertz CT molecular complexity index is 2260. The summed E-state index contributed by atoms with van der Waals surface area (Å²) in [5.74, 6) is -1.47. The number of anilines is 1. The summed E-state index contributed by atoms with van der Waals surface area (Å²) < 4.78 is 20.7. The summed E-state index contributed by atoms with van der Waals surface area (Å²) in [6, 6.07) is 18.2. The Kier molecular flexibility index (Phi) is 13.6. The molecule has 3 heterocycles. The van der Waals surface area contributed by atoms with Crippen molar-refractivity contribution in [2.24, 2.45) is 20.0 Å². The lowest BCUT2D eigenvalue weighted by atomic mass is 9.87. The van der Waals surface area contributed by atoms with Crippen LogP contribution in [0.2, 0.25) is 10.0 Å². The van der Waals surface area contributed by atoms with Crippen molar-refractivity contribution in [1.82, 2.24) is 14.0 Å². The van der Waals surface area contributed by atoms with E-state index in [0.717, 1.165) is 47.5 Å². The average molecular weight is 820 g/mol. The van der Waals surface area contributed by atoms with Gasteiger partial charge in [-0.15, -0.1) is 0 Å². The molecule has 2 N–H and O–H groups in total. The second kappa shape index (κ2) is 18.6. The van der Waals surface area contributed by atoms with Gasteiger partial charge in [0.2, 0.25) is 5.91 Å². The molecule has 3 aromatic carbocycles. The zero-order valence-electron chi connectivity index (χ0n) is 32.5. The summed E-state index contributed by atoms with van der Waals surface area (Å²) in [5, 5.41) is 14.0. The lowest BCUT2D eigenvalue weighted by molar-refractivity contribution is -0.150. The SMILES string of the molecule is CCOC(=O)C1CCC(OC[C@@H]2C[C@H](OC)CN2C(=O)Cc2cc(Cl)c(NC(=O)c3cn(C)c4ccccc34)cc2Cl)CC1.Cn1cc(C(=O)O)c2ccccc21. The van der Waals surface area contributed by atoms with E-state index in [-0.39, 0.29) is 48.4 Å². The molecule has 2 aliphatic rings. The molecule has 5 aromatic rings. The molecule has 57 heavy (non-hydrogen) atoms. The predicted octanol–water partition coefficient (Wildman–Crippen LogP) is 7.91. The first-order valence-electron chi connectivity index (χ1n) is 19.1. The fraction of sp³-hybridized carbons (Fsp3) is 0.395. The number of carbonyl (C=O) groups excluding carboxylic acids is 3. The third-order valence-electron chi connectivity index (χ3n) is 10.8. The molecule has 0 radical (unpaired) electrons. The van der Waals surface area contributed by atoms with Crippen molar-refractivity contribution in [3.05, 3.63) is 99.8 Å². The lowest BCUT2D eigenvalue weighted by Gasteiger charge is -2.30. The number of carboxylic acids is 1. The number of hydrogen-bond donors (Lipinski definition) is 2. The number of carbonyl (C=O) groups is 4. The normalized spacial score (nSPS) is 19.3. The minimum absolute atomic E-state index is 0.0455. The highest BCUT2D eigenvalue weighted by Crippen LogP contribution is 2.33. The van der Waals surface area contributed by atoms with Gasteiger partial charge in [0.05, 0.1) is 65.6 Å². The minimum atomic E-state index is -0.878. The number of benzene rings is 3. The average Bonchev–Trinajstić information content (AvgIpc) is 3.89. The van der Waals surface area contributed by atoms with Gasteiger partial charge in [-0.05, 0) is 68.9 Å². The molecule has 302 valence electrons. The number of amides is 2. The second-order valence-electron chi connectivity index (χ2n) is 14.6. The van der Waals surface area contributed by atoms with Crippen LogP contribution in [0.1, 0.15) is 65.3 Å². The number of halogens is 2. The molecule has 0 unspecified atom stereocenters. The fourth-order valence-electron chi connectivity index (χ4n) is 7.79. The maximum atomic E-state index is 13.5. The van der Waals surface area contributed by atoms with Crippen molar-refractivity contribution in [2.45, 2.75) is 63.7 Å². The lowest BCUT2D eigenvalue weighted by Crippen LogP contribution is -2.40. The first-order valence-corrected chi connectivity index (χ1v) is 19.8. The van der Waals surface area contributed by atoms with Crippen LogP contribution in [0.15, 0.2) is 73.1 Å². The number of rotatable bonds is 11. The minimum Gasteiger partial charge on any atom is -0.478 e. The van der Waals surface area contributed by atoms with Crippen LogP contribution in [0.4, 0.5) is 5.69 Å². The van der Waals surface area contributed by atoms with Gasteiger partial charge in [0, 0.05) is 67.0 Å². The van der Waals surface area contributed by atoms with E-state index in [1.807, 2.05) is 78.7 Å². The monoisotopic (exact) mass is 818 g/mol. The van der Waals surface area contributed by atoms with E-state index in [9.17, 15) is 19.2 Å². The van der Waals surface area contributed by atoms with E-state index < -0.39 is 5.97 Å². The summed E-state index contributed by atoms with van der Waals surface area (Å²) in [4.78, 5) is 51.4. The Morgan fingerprint density at radius 1 is 0.842 bits per heavy atom. The number of nitrogens with one attached hydrogen (secondary N) is 1. The molecule has 2 amide bonds. The quantitative estimate of drug-likeness (QED) is 0.128. The summed E-state index contributed by atoms with van der Waals surface area (Å²) >= 11 is 13.2. The van der Waals surface area contributed by atoms with Crippen molar-refractivity contribution in [1.29, 1.82) is 0 Å². The molecule has 1 saturated carbocycles. The van der Waals surface area contributed by atoms with E-state index in [4.69, 9.17) is 42.5 Å². The number of esters is 1. The van der Waals surface area contributed by atoms with Crippen molar-refractivity contribution in [3.63, 3.8) is 0 Å². The van der Waals surface area contributed by atoms with Crippen LogP contribution in [0.5, 0.6) is 0 Å². The number of aromatic carboxylic acids is 1. The van der Waals surface area contributed by atoms with Gasteiger partial charge < -0.3 is 38.7 Å². The maximum Gasteiger partial charge on any atom is 0.337 e. The summed E-state index contributed by atoms with van der Waals surface area (Å²) in [5.41, 5.74) is 3.71. The number of aromatic nitrogens is 2. The zero-order valence-corrected chi connectivity index (χ0v) is 34.0. The zero-order chi connectivity index (χ0) is 40.8. The smallest absolute Gasteiger partial charge is 0.337 e. The number of methoxy groups -OCH3 is 1. The number of carboxylic acid groups (broad SMARTS) is 1. The highest BCUT2D eigenvalue weighted by atomic mass is 35.5.